The SMILES string of the molecule is Cn1c(CC(=O)Nc2ccc(Cl)cc2)c([SH]2C=CC=C2)c2ccccc21. The zero-order valence-electron chi connectivity index (χ0n) is 14.3. The second-order valence-electron chi connectivity index (χ2n) is 6.19. The van der Waals surface area contributed by atoms with Crippen molar-refractivity contribution in [3.8, 4) is 0 Å². The minimum absolute atomic E-state index is 0.0263. The zero-order valence-corrected chi connectivity index (χ0v) is 16.0. The number of fused-ring (bicyclic) bond motifs is 1. The molecule has 1 N–H and O–H groups in total. The Labute approximate surface area is 160 Å². The van der Waals surface area contributed by atoms with E-state index < -0.39 is 10.9 Å². The number of amides is 1. The molecule has 0 atom stereocenters. The van der Waals surface area contributed by atoms with Crippen molar-refractivity contribution >= 4 is 45.0 Å². The van der Waals surface area contributed by atoms with E-state index in [2.05, 4.69) is 51.1 Å². The van der Waals surface area contributed by atoms with E-state index in [0.717, 1.165) is 16.9 Å². The van der Waals surface area contributed by atoms with Gasteiger partial charge in [-0.25, -0.2) is 0 Å². The standard InChI is InChI=1S/C21H19ClN2OS/c1-24-18-7-3-2-6-17(18)21(26-12-4-5-13-26)19(24)14-20(25)23-16-10-8-15(22)9-11-16/h2-13,26H,14H2,1H3,(H,23,25). The van der Waals surface area contributed by atoms with Crippen LogP contribution in [0.15, 0.2) is 76.4 Å². The molecule has 2 heterocycles. The number of aryl methyl sites for hydroxylation is 1. The first-order chi connectivity index (χ1) is 12.6. The van der Waals surface area contributed by atoms with Gasteiger partial charge in [0.1, 0.15) is 0 Å². The van der Waals surface area contributed by atoms with Crippen LogP contribution in [0.2, 0.25) is 5.02 Å². The number of aromatic nitrogens is 1. The lowest BCUT2D eigenvalue weighted by Gasteiger charge is -2.14. The molecule has 0 radical (unpaired) electrons. The average molecular weight is 383 g/mol. The molecule has 0 saturated heterocycles. The minimum atomic E-state index is -0.514. The van der Waals surface area contributed by atoms with Gasteiger partial charge in [0.25, 0.3) is 0 Å². The highest BCUT2D eigenvalue weighted by molar-refractivity contribution is 8.22. The van der Waals surface area contributed by atoms with Gasteiger partial charge in [-0.15, -0.1) is 0 Å². The van der Waals surface area contributed by atoms with Crippen LogP contribution in [-0.2, 0) is 18.3 Å². The summed E-state index contributed by atoms with van der Waals surface area (Å²) >= 11 is 5.91. The maximum Gasteiger partial charge on any atom is 0.230 e. The molecule has 132 valence electrons. The van der Waals surface area contributed by atoms with Gasteiger partial charge in [-0.3, -0.25) is 4.79 Å². The quantitative estimate of drug-likeness (QED) is 0.581. The Hall–Kier alpha value is -2.43. The van der Waals surface area contributed by atoms with E-state index in [1.807, 2.05) is 25.2 Å². The number of allylic oxidation sites excluding steroid dienone is 2. The molecule has 3 aromatic rings. The number of rotatable bonds is 4. The number of hydrogen-bond donors (Lipinski definition) is 2. The molecule has 0 spiro atoms. The molecule has 2 aromatic carbocycles. The number of hydrogen-bond acceptors (Lipinski definition) is 1. The molecule has 1 aliphatic rings. The molecule has 0 aliphatic carbocycles. The van der Waals surface area contributed by atoms with Gasteiger partial charge in [-0.1, -0.05) is 42.0 Å². The third-order valence-electron chi connectivity index (χ3n) is 4.52. The maximum atomic E-state index is 12.7. The van der Waals surface area contributed by atoms with Crippen molar-refractivity contribution < 1.29 is 4.79 Å². The van der Waals surface area contributed by atoms with Crippen LogP contribution in [0.3, 0.4) is 0 Å². The van der Waals surface area contributed by atoms with Crippen molar-refractivity contribution in [2.75, 3.05) is 5.32 Å². The Morgan fingerprint density at radius 1 is 1.08 bits per heavy atom. The van der Waals surface area contributed by atoms with Crippen molar-refractivity contribution in [1.82, 2.24) is 4.57 Å². The second-order valence-corrected chi connectivity index (χ2v) is 8.49. The first kappa shape index (κ1) is 17.0. The summed E-state index contributed by atoms with van der Waals surface area (Å²) in [7, 11) is 1.52. The van der Waals surface area contributed by atoms with Crippen LogP contribution in [0.5, 0.6) is 0 Å². The number of halogens is 1. The highest BCUT2D eigenvalue weighted by Crippen LogP contribution is 2.48. The molecule has 0 unspecified atom stereocenters. The van der Waals surface area contributed by atoms with Crippen molar-refractivity contribution in [3.05, 3.63) is 82.2 Å². The fourth-order valence-corrected chi connectivity index (χ4v) is 5.38. The summed E-state index contributed by atoms with van der Waals surface area (Å²) < 4.78 is 2.15. The smallest absolute Gasteiger partial charge is 0.230 e. The highest BCUT2D eigenvalue weighted by atomic mass is 35.5. The predicted octanol–water partition coefficient (Wildman–Crippen LogP) is 5.41. The summed E-state index contributed by atoms with van der Waals surface area (Å²) in [5, 5.41) is 9.32. The van der Waals surface area contributed by atoms with Crippen molar-refractivity contribution in [1.29, 1.82) is 0 Å². The molecule has 26 heavy (non-hydrogen) atoms. The largest absolute Gasteiger partial charge is 0.346 e. The first-order valence-corrected chi connectivity index (χ1v) is 10.2. The zero-order chi connectivity index (χ0) is 18.1. The molecule has 3 nitrogen and oxygen atoms in total. The fraction of sp³-hybridized carbons (Fsp3) is 0.0952. The van der Waals surface area contributed by atoms with Crippen LogP contribution in [0.25, 0.3) is 10.9 Å². The number of nitrogens with zero attached hydrogens (tertiary/aromatic N) is 1. The van der Waals surface area contributed by atoms with Crippen LogP contribution in [-0.4, -0.2) is 10.5 Å². The number of anilines is 1. The lowest BCUT2D eigenvalue weighted by molar-refractivity contribution is -0.115. The minimum Gasteiger partial charge on any atom is -0.346 e. The maximum absolute atomic E-state index is 12.7. The fourth-order valence-electron chi connectivity index (χ4n) is 3.29. The van der Waals surface area contributed by atoms with E-state index in [1.54, 1.807) is 12.1 Å². The van der Waals surface area contributed by atoms with Gasteiger partial charge in [0.2, 0.25) is 5.91 Å². The van der Waals surface area contributed by atoms with Crippen LogP contribution in [0.4, 0.5) is 5.69 Å². The van der Waals surface area contributed by atoms with E-state index >= 15 is 0 Å². The Bertz CT molecular complexity index is 1020. The molecule has 0 saturated carbocycles. The molecule has 1 amide bonds. The number of thiol groups is 1. The van der Waals surface area contributed by atoms with Crippen molar-refractivity contribution in [3.63, 3.8) is 0 Å². The van der Waals surface area contributed by atoms with Gasteiger partial charge in [-0.2, -0.15) is 10.9 Å². The van der Waals surface area contributed by atoms with Gasteiger partial charge in [0.05, 0.1) is 6.42 Å². The summed E-state index contributed by atoms with van der Waals surface area (Å²) in [6.07, 6.45) is 4.51. The normalized spacial score (nSPS) is 14.3. The molecule has 1 aliphatic heterocycles. The van der Waals surface area contributed by atoms with E-state index in [-0.39, 0.29) is 5.91 Å². The van der Waals surface area contributed by atoms with E-state index in [4.69, 9.17) is 11.6 Å². The Balaban J connectivity index is 1.69. The summed E-state index contributed by atoms with van der Waals surface area (Å²) in [4.78, 5) is 13.9. The third kappa shape index (κ3) is 3.18. The molecule has 0 bridgehead atoms. The lowest BCUT2D eigenvalue weighted by atomic mass is 10.2. The molecular formula is C21H19ClN2OS. The van der Waals surface area contributed by atoms with E-state index in [9.17, 15) is 4.79 Å². The van der Waals surface area contributed by atoms with Gasteiger partial charge >= 0.3 is 0 Å². The Morgan fingerprint density at radius 3 is 2.50 bits per heavy atom. The summed E-state index contributed by atoms with van der Waals surface area (Å²) in [5.74, 6) is -0.0263. The van der Waals surface area contributed by atoms with Crippen LogP contribution in [0, 0.1) is 0 Å². The van der Waals surface area contributed by atoms with Gasteiger partial charge in [-0.05, 0) is 41.1 Å². The molecule has 5 heteroatoms. The second kappa shape index (κ2) is 7.06. The highest BCUT2D eigenvalue weighted by Gasteiger charge is 2.21. The predicted molar refractivity (Wildman–Crippen MR) is 112 cm³/mol. The van der Waals surface area contributed by atoms with Gasteiger partial charge in [0.15, 0.2) is 0 Å². The number of benzene rings is 2. The Morgan fingerprint density at radius 2 is 1.77 bits per heavy atom. The topological polar surface area (TPSA) is 34.0 Å². The van der Waals surface area contributed by atoms with E-state index in [1.165, 1.54) is 10.3 Å². The van der Waals surface area contributed by atoms with E-state index in [0.29, 0.717) is 11.4 Å². The lowest BCUT2D eigenvalue weighted by Crippen LogP contribution is -2.16. The molecule has 0 fully saturated rings. The van der Waals surface area contributed by atoms with Gasteiger partial charge < -0.3 is 9.88 Å². The van der Waals surface area contributed by atoms with Crippen molar-refractivity contribution in [2.45, 2.75) is 11.3 Å². The number of carbonyl (C=O) groups excluding carboxylic acids is 1. The molecule has 4 rings (SSSR count). The Kier molecular flexibility index (Phi) is 4.62. The monoisotopic (exact) mass is 382 g/mol. The molecule has 1 aromatic heterocycles. The van der Waals surface area contributed by atoms with Gasteiger partial charge in [0, 0.05) is 39.3 Å². The summed E-state index contributed by atoms with van der Waals surface area (Å²) in [6, 6.07) is 15.5. The van der Waals surface area contributed by atoms with Crippen LogP contribution < -0.4 is 5.32 Å². The third-order valence-corrected chi connectivity index (χ3v) is 6.77. The number of carbonyl (C=O) groups is 1. The summed E-state index contributed by atoms with van der Waals surface area (Å²) in [6.45, 7) is 0. The van der Waals surface area contributed by atoms with Crippen molar-refractivity contribution in [2.24, 2.45) is 7.05 Å². The molecular weight excluding hydrogens is 364 g/mol. The summed E-state index contributed by atoms with van der Waals surface area (Å²) in [5.41, 5.74) is 2.99. The first-order valence-electron chi connectivity index (χ1n) is 8.38. The van der Waals surface area contributed by atoms with Crippen LogP contribution in [0.1, 0.15) is 5.69 Å². The van der Waals surface area contributed by atoms with Crippen LogP contribution >= 0.6 is 22.5 Å². The number of nitrogens with one attached hydrogen (secondary N) is 1. The number of para-hydroxylation sites is 1. The average Bonchev–Trinajstić information content (AvgIpc) is 3.25.